The highest BCUT2D eigenvalue weighted by molar-refractivity contribution is 5.83. The smallest absolute Gasteiger partial charge is 0.222 e. The minimum absolute atomic E-state index is 0.0596. The number of amides is 1. The summed E-state index contributed by atoms with van der Waals surface area (Å²) in [6.07, 6.45) is 0.519. The number of carbonyl (C=O) groups excluding carboxylic acids is 1. The molecule has 1 heterocycles. The van der Waals surface area contributed by atoms with Gasteiger partial charge in [-0.05, 0) is 17.7 Å². The van der Waals surface area contributed by atoms with Crippen molar-refractivity contribution in [1.29, 1.82) is 0 Å². The summed E-state index contributed by atoms with van der Waals surface area (Å²) in [7, 11) is 0. The molecule has 1 saturated heterocycles. The highest BCUT2D eigenvalue weighted by atomic mass is 19.1. The van der Waals surface area contributed by atoms with Crippen molar-refractivity contribution < 1.29 is 9.18 Å². The zero-order valence-corrected chi connectivity index (χ0v) is 6.38. The van der Waals surface area contributed by atoms with Crippen LogP contribution < -0.4 is 5.32 Å². The molecule has 62 valence electrons. The zero-order chi connectivity index (χ0) is 8.55. The highest BCUT2D eigenvalue weighted by Gasteiger charge is 2.26. The summed E-state index contributed by atoms with van der Waals surface area (Å²) in [6.45, 7) is 0. The Balaban J connectivity index is 2.14. The zero-order valence-electron chi connectivity index (χ0n) is 6.38. The van der Waals surface area contributed by atoms with Crippen molar-refractivity contribution in [1.82, 2.24) is 5.32 Å². The Morgan fingerprint density at radius 2 is 1.92 bits per heavy atom. The fourth-order valence-corrected chi connectivity index (χ4v) is 1.25. The third-order valence-electron chi connectivity index (χ3n) is 2.00. The maximum atomic E-state index is 12.5. The van der Waals surface area contributed by atoms with E-state index in [1.165, 1.54) is 12.1 Å². The van der Waals surface area contributed by atoms with E-state index in [9.17, 15) is 9.18 Å². The van der Waals surface area contributed by atoms with Gasteiger partial charge in [0.1, 0.15) is 5.82 Å². The topological polar surface area (TPSA) is 29.1 Å². The lowest BCUT2D eigenvalue weighted by Gasteiger charge is -2.27. The molecule has 12 heavy (non-hydrogen) atoms. The van der Waals surface area contributed by atoms with E-state index in [4.69, 9.17) is 0 Å². The number of halogens is 1. The predicted octanol–water partition coefficient (Wildman–Crippen LogP) is 1.39. The highest BCUT2D eigenvalue weighted by Crippen LogP contribution is 2.23. The Bertz CT molecular complexity index is 299. The Morgan fingerprint density at radius 1 is 1.33 bits per heavy atom. The van der Waals surface area contributed by atoms with Crippen molar-refractivity contribution in [2.75, 3.05) is 0 Å². The van der Waals surface area contributed by atoms with E-state index in [2.05, 4.69) is 5.32 Å². The molecular weight excluding hydrogens is 157 g/mol. The van der Waals surface area contributed by atoms with Crippen LogP contribution in [-0.4, -0.2) is 5.91 Å². The van der Waals surface area contributed by atoms with Crippen LogP contribution in [0.2, 0.25) is 0 Å². The number of benzene rings is 1. The molecular formula is C9H8FNO. The minimum atomic E-state index is -0.246. The molecule has 1 amide bonds. The van der Waals surface area contributed by atoms with Crippen LogP contribution in [0.3, 0.4) is 0 Å². The Hall–Kier alpha value is -1.38. The number of rotatable bonds is 1. The van der Waals surface area contributed by atoms with E-state index in [0.29, 0.717) is 6.42 Å². The summed E-state index contributed by atoms with van der Waals surface area (Å²) in [5.74, 6) is -0.186. The molecule has 0 aromatic heterocycles. The first-order valence-electron chi connectivity index (χ1n) is 3.80. The van der Waals surface area contributed by atoms with Gasteiger partial charge in [-0.3, -0.25) is 4.79 Å². The lowest BCUT2D eigenvalue weighted by atomic mass is 9.97. The summed E-state index contributed by atoms with van der Waals surface area (Å²) >= 11 is 0. The van der Waals surface area contributed by atoms with E-state index in [1.807, 2.05) is 0 Å². The van der Waals surface area contributed by atoms with Gasteiger partial charge < -0.3 is 5.32 Å². The molecule has 0 bridgehead atoms. The Morgan fingerprint density at radius 3 is 2.42 bits per heavy atom. The average molecular weight is 165 g/mol. The molecule has 1 aliphatic heterocycles. The van der Waals surface area contributed by atoms with Gasteiger partial charge in [0.2, 0.25) is 5.91 Å². The van der Waals surface area contributed by atoms with Crippen LogP contribution in [0.15, 0.2) is 24.3 Å². The molecule has 2 nitrogen and oxygen atoms in total. The molecule has 1 N–H and O–H groups in total. The molecule has 0 saturated carbocycles. The number of carbonyl (C=O) groups is 1. The van der Waals surface area contributed by atoms with E-state index >= 15 is 0 Å². The fourth-order valence-electron chi connectivity index (χ4n) is 1.25. The van der Waals surface area contributed by atoms with Crippen LogP contribution in [0.4, 0.5) is 4.39 Å². The second-order valence-electron chi connectivity index (χ2n) is 2.88. The first kappa shape index (κ1) is 7.28. The van der Waals surface area contributed by atoms with Crippen molar-refractivity contribution >= 4 is 5.91 Å². The van der Waals surface area contributed by atoms with E-state index in [-0.39, 0.29) is 17.8 Å². The second-order valence-corrected chi connectivity index (χ2v) is 2.88. The van der Waals surface area contributed by atoms with Gasteiger partial charge in [-0.1, -0.05) is 12.1 Å². The van der Waals surface area contributed by atoms with E-state index in [0.717, 1.165) is 5.56 Å². The molecule has 1 fully saturated rings. The molecule has 1 aliphatic rings. The van der Waals surface area contributed by atoms with Crippen LogP contribution in [0.25, 0.3) is 0 Å². The molecule has 0 spiro atoms. The molecule has 1 atom stereocenters. The summed E-state index contributed by atoms with van der Waals surface area (Å²) in [5, 5.41) is 2.72. The largest absolute Gasteiger partial charge is 0.349 e. The van der Waals surface area contributed by atoms with Gasteiger partial charge in [0.25, 0.3) is 0 Å². The normalized spacial score (nSPS) is 21.4. The van der Waals surface area contributed by atoms with Crippen molar-refractivity contribution in [3.63, 3.8) is 0 Å². The summed E-state index contributed by atoms with van der Waals surface area (Å²) in [4.78, 5) is 10.6. The van der Waals surface area contributed by atoms with E-state index in [1.54, 1.807) is 12.1 Å². The second kappa shape index (κ2) is 2.59. The van der Waals surface area contributed by atoms with Crippen LogP contribution >= 0.6 is 0 Å². The van der Waals surface area contributed by atoms with Crippen LogP contribution in [0.5, 0.6) is 0 Å². The number of hydrogen-bond acceptors (Lipinski definition) is 1. The molecule has 0 radical (unpaired) electrons. The van der Waals surface area contributed by atoms with Crippen molar-refractivity contribution in [2.24, 2.45) is 0 Å². The quantitative estimate of drug-likeness (QED) is 0.626. The summed E-state index contributed by atoms with van der Waals surface area (Å²) in [5.41, 5.74) is 0.969. The number of nitrogens with one attached hydrogen (secondary N) is 1. The van der Waals surface area contributed by atoms with E-state index < -0.39 is 0 Å². The van der Waals surface area contributed by atoms with Crippen LogP contribution in [0.1, 0.15) is 18.0 Å². The summed E-state index contributed by atoms with van der Waals surface area (Å²) in [6, 6.07) is 6.29. The van der Waals surface area contributed by atoms with Crippen molar-refractivity contribution in [2.45, 2.75) is 12.5 Å². The molecule has 1 aromatic rings. The first-order valence-corrected chi connectivity index (χ1v) is 3.80. The van der Waals surface area contributed by atoms with Crippen LogP contribution in [-0.2, 0) is 4.79 Å². The van der Waals surface area contributed by atoms with Gasteiger partial charge in [-0.25, -0.2) is 4.39 Å². The van der Waals surface area contributed by atoms with Gasteiger partial charge in [0.05, 0.1) is 12.5 Å². The van der Waals surface area contributed by atoms with Gasteiger partial charge in [0.15, 0.2) is 0 Å². The monoisotopic (exact) mass is 165 g/mol. The van der Waals surface area contributed by atoms with Crippen molar-refractivity contribution in [3.8, 4) is 0 Å². The number of β-lactam (4-membered cyclic amide) rings is 1. The summed E-state index contributed by atoms with van der Waals surface area (Å²) < 4.78 is 12.5. The maximum Gasteiger partial charge on any atom is 0.222 e. The predicted molar refractivity (Wildman–Crippen MR) is 41.9 cm³/mol. The first-order chi connectivity index (χ1) is 5.75. The average Bonchev–Trinajstić information content (AvgIpc) is 2.01. The molecule has 1 aromatic carbocycles. The SMILES string of the molecule is O=C1CC(c2ccc(F)cc2)N1. The van der Waals surface area contributed by atoms with Crippen LogP contribution in [0, 0.1) is 5.82 Å². The van der Waals surface area contributed by atoms with Crippen molar-refractivity contribution in [3.05, 3.63) is 35.6 Å². The van der Waals surface area contributed by atoms with Gasteiger partial charge in [0, 0.05) is 0 Å². The van der Waals surface area contributed by atoms with Gasteiger partial charge in [-0.2, -0.15) is 0 Å². The Kier molecular flexibility index (Phi) is 1.57. The molecule has 1 unspecified atom stereocenters. The fraction of sp³-hybridized carbons (Fsp3) is 0.222. The minimum Gasteiger partial charge on any atom is -0.349 e. The third kappa shape index (κ3) is 1.18. The molecule has 3 heteroatoms. The molecule has 0 aliphatic carbocycles. The Labute approximate surface area is 69.4 Å². The number of hydrogen-bond donors (Lipinski definition) is 1. The van der Waals surface area contributed by atoms with Gasteiger partial charge in [-0.15, -0.1) is 0 Å². The van der Waals surface area contributed by atoms with Gasteiger partial charge >= 0.3 is 0 Å². The molecule has 2 rings (SSSR count). The maximum absolute atomic E-state index is 12.5. The third-order valence-corrected chi connectivity index (χ3v) is 2.00. The standard InChI is InChI=1S/C9H8FNO/c10-7-3-1-6(2-4-7)8-5-9(12)11-8/h1-4,8H,5H2,(H,11,12). The lowest BCUT2D eigenvalue weighted by Crippen LogP contribution is -2.41. The lowest BCUT2D eigenvalue weighted by molar-refractivity contribution is -0.128.